The molecule has 18 heavy (non-hydrogen) atoms. The van der Waals surface area contributed by atoms with Crippen molar-refractivity contribution in [3.63, 3.8) is 0 Å². The Hall–Kier alpha value is -2.54. The molecule has 0 spiro atoms. The number of carboxylic acid groups (broad SMARTS) is 1. The molecule has 1 aromatic heterocycles. The first-order chi connectivity index (χ1) is 8.58. The van der Waals surface area contributed by atoms with E-state index in [0.29, 0.717) is 0 Å². The lowest BCUT2D eigenvalue weighted by Gasteiger charge is -2.00. The molecule has 0 radical (unpaired) electrons. The van der Waals surface area contributed by atoms with Crippen LogP contribution in [0.2, 0.25) is 0 Å². The summed E-state index contributed by atoms with van der Waals surface area (Å²) in [5.41, 5.74) is 2.70. The molecule has 2 rings (SSSR count). The maximum absolute atomic E-state index is 10.9. The highest BCUT2D eigenvalue weighted by Crippen LogP contribution is 2.10. The van der Waals surface area contributed by atoms with E-state index < -0.39 is 5.97 Å². The highest BCUT2D eigenvalue weighted by Gasteiger charge is 2.04. The number of nitrogens with zero attached hydrogens (tertiary/aromatic N) is 2. The molecule has 0 unspecified atom stereocenters. The number of aromatic carboxylic acids is 1. The summed E-state index contributed by atoms with van der Waals surface area (Å²) in [6.07, 6.45) is 3.34. The van der Waals surface area contributed by atoms with Crippen LogP contribution in [-0.2, 0) is 7.05 Å². The number of imidazole rings is 1. The number of aryl methyl sites for hydroxylation is 2. The van der Waals surface area contributed by atoms with Crippen LogP contribution in [0.25, 0.3) is 0 Å². The molecule has 90 valence electrons. The van der Waals surface area contributed by atoms with Crippen LogP contribution in [0.4, 0.5) is 0 Å². The van der Waals surface area contributed by atoms with Crippen LogP contribution < -0.4 is 0 Å². The van der Waals surface area contributed by atoms with Crippen molar-refractivity contribution >= 4 is 5.97 Å². The van der Waals surface area contributed by atoms with Gasteiger partial charge >= 0.3 is 5.97 Å². The minimum Gasteiger partial charge on any atom is -0.478 e. The average Bonchev–Trinajstić information content (AvgIpc) is 2.73. The number of carbonyl (C=O) groups is 1. The first kappa shape index (κ1) is 11.9. The van der Waals surface area contributed by atoms with Gasteiger partial charge in [-0.1, -0.05) is 12.0 Å². The first-order valence-electron chi connectivity index (χ1n) is 5.40. The van der Waals surface area contributed by atoms with Crippen LogP contribution in [0, 0.1) is 18.8 Å². The van der Waals surface area contributed by atoms with Gasteiger partial charge in [0.2, 0.25) is 0 Å². The Balaban J connectivity index is 2.40. The molecule has 0 saturated carbocycles. The third-order valence-electron chi connectivity index (χ3n) is 2.63. The highest BCUT2D eigenvalue weighted by atomic mass is 16.4. The van der Waals surface area contributed by atoms with E-state index in [0.717, 1.165) is 16.8 Å². The van der Waals surface area contributed by atoms with Gasteiger partial charge in [0.05, 0.1) is 18.1 Å². The van der Waals surface area contributed by atoms with Gasteiger partial charge in [0.25, 0.3) is 0 Å². The van der Waals surface area contributed by atoms with E-state index >= 15 is 0 Å². The second-order valence-corrected chi connectivity index (χ2v) is 3.97. The predicted molar refractivity (Wildman–Crippen MR) is 67.3 cm³/mol. The summed E-state index contributed by atoms with van der Waals surface area (Å²) in [4.78, 5) is 14.9. The zero-order valence-electron chi connectivity index (χ0n) is 10.1. The minimum atomic E-state index is -0.946. The van der Waals surface area contributed by atoms with Gasteiger partial charge in [-0.3, -0.25) is 0 Å². The van der Waals surface area contributed by atoms with Crippen LogP contribution in [0.1, 0.15) is 27.2 Å². The normalized spacial score (nSPS) is 9.67. The van der Waals surface area contributed by atoms with Gasteiger partial charge in [0.1, 0.15) is 5.69 Å². The van der Waals surface area contributed by atoms with Gasteiger partial charge in [-0.2, -0.15) is 0 Å². The Morgan fingerprint density at radius 3 is 2.78 bits per heavy atom. The summed E-state index contributed by atoms with van der Waals surface area (Å²) < 4.78 is 1.81. The highest BCUT2D eigenvalue weighted by molar-refractivity contribution is 5.88. The van der Waals surface area contributed by atoms with Crippen molar-refractivity contribution in [1.29, 1.82) is 0 Å². The molecule has 0 aliphatic heterocycles. The van der Waals surface area contributed by atoms with Gasteiger partial charge < -0.3 is 9.67 Å². The predicted octanol–water partition coefficient (Wildman–Crippen LogP) is 1.83. The summed E-state index contributed by atoms with van der Waals surface area (Å²) >= 11 is 0. The van der Waals surface area contributed by atoms with Crippen LogP contribution in [0.15, 0.2) is 30.7 Å². The van der Waals surface area contributed by atoms with E-state index in [2.05, 4.69) is 16.8 Å². The molecular formula is C14H12N2O2. The van der Waals surface area contributed by atoms with Crippen molar-refractivity contribution in [2.45, 2.75) is 6.92 Å². The molecule has 4 nitrogen and oxygen atoms in total. The zero-order valence-corrected chi connectivity index (χ0v) is 10.1. The van der Waals surface area contributed by atoms with E-state index in [9.17, 15) is 4.79 Å². The number of benzene rings is 1. The van der Waals surface area contributed by atoms with Crippen LogP contribution in [0.3, 0.4) is 0 Å². The third-order valence-corrected chi connectivity index (χ3v) is 2.63. The molecule has 4 heteroatoms. The Labute approximate surface area is 105 Å². The van der Waals surface area contributed by atoms with Crippen LogP contribution in [-0.4, -0.2) is 20.6 Å². The van der Waals surface area contributed by atoms with Gasteiger partial charge in [-0.25, -0.2) is 9.78 Å². The third kappa shape index (κ3) is 2.41. The van der Waals surface area contributed by atoms with Gasteiger partial charge in [-0.15, -0.1) is 0 Å². The van der Waals surface area contributed by atoms with E-state index in [1.807, 2.05) is 18.5 Å². The van der Waals surface area contributed by atoms with E-state index in [4.69, 9.17) is 5.11 Å². The smallest absolute Gasteiger partial charge is 0.335 e. The number of rotatable bonds is 1. The summed E-state index contributed by atoms with van der Waals surface area (Å²) in [6.45, 7) is 1.90. The summed E-state index contributed by atoms with van der Waals surface area (Å²) in [6, 6.07) is 4.92. The zero-order chi connectivity index (χ0) is 13.1. The average molecular weight is 240 g/mol. The lowest BCUT2D eigenvalue weighted by atomic mass is 10.1. The molecule has 2 aromatic rings. The molecule has 1 N–H and O–H groups in total. The van der Waals surface area contributed by atoms with Crippen molar-refractivity contribution in [3.05, 3.63) is 53.1 Å². The van der Waals surface area contributed by atoms with Crippen LogP contribution in [0.5, 0.6) is 0 Å². The standard InChI is InChI=1S/C14H12N2O2/c1-10-3-4-12(14(17)18)7-11(10)5-6-13-8-15-9-16(13)2/h3-4,7-9H,1-2H3,(H,17,18). The number of hydrogen-bond acceptors (Lipinski definition) is 2. The molecule has 0 aliphatic rings. The molecule has 1 aromatic carbocycles. The molecule has 0 amide bonds. The maximum Gasteiger partial charge on any atom is 0.335 e. The molecular weight excluding hydrogens is 228 g/mol. The quantitative estimate of drug-likeness (QED) is 0.774. The van der Waals surface area contributed by atoms with Gasteiger partial charge in [0.15, 0.2) is 0 Å². The fourth-order valence-corrected chi connectivity index (χ4v) is 1.50. The second-order valence-electron chi connectivity index (χ2n) is 3.97. The fourth-order valence-electron chi connectivity index (χ4n) is 1.50. The Morgan fingerprint density at radius 1 is 1.39 bits per heavy atom. The molecule has 0 fully saturated rings. The Bertz CT molecular complexity index is 660. The van der Waals surface area contributed by atoms with Gasteiger partial charge in [-0.05, 0) is 30.5 Å². The van der Waals surface area contributed by atoms with E-state index in [-0.39, 0.29) is 5.56 Å². The van der Waals surface area contributed by atoms with Crippen molar-refractivity contribution < 1.29 is 9.90 Å². The lowest BCUT2D eigenvalue weighted by Crippen LogP contribution is -1.97. The van der Waals surface area contributed by atoms with Crippen molar-refractivity contribution in [2.24, 2.45) is 7.05 Å². The lowest BCUT2D eigenvalue weighted by molar-refractivity contribution is 0.0697. The molecule has 0 atom stereocenters. The summed E-state index contributed by atoms with van der Waals surface area (Å²) in [7, 11) is 1.86. The van der Waals surface area contributed by atoms with E-state index in [1.54, 1.807) is 30.7 Å². The number of hydrogen-bond donors (Lipinski definition) is 1. The van der Waals surface area contributed by atoms with Crippen molar-refractivity contribution in [2.75, 3.05) is 0 Å². The number of carboxylic acids is 1. The summed E-state index contributed by atoms with van der Waals surface area (Å²) in [5.74, 6) is 5.01. The van der Waals surface area contributed by atoms with Crippen molar-refractivity contribution in [3.8, 4) is 11.8 Å². The second kappa shape index (κ2) is 4.76. The molecule has 1 heterocycles. The topological polar surface area (TPSA) is 55.1 Å². The Morgan fingerprint density at radius 2 is 2.17 bits per heavy atom. The first-order valence-corrected chi connectivity index (χ1v) is 5.40. The molecule has 0 bridgehead atoms. The Kier molecular flexibility index (Phi) is 3.16. The summed E-state index contributed by atoms with van der Waals surface area (Å²) in [5, 5.41) is 8.93. The minimum absolute atomic E-state index is 0.245. The van der Waals surface area contributed by atoms with E-state index in [1.165, 1.54) is 0 Å². The van der Waals surface area contributed by atoms with Gasteiger partial charge in [0, 0.05) is 12.6 Å². The largest absolute Gasteiger partial charge is 0.478 e. The number of aromatic nitrogens is 2. The molecule has 0 aliphatic carbocycles. The molecule has 0 saturated heterocycles. The monoisotopic (exact) mass is 240 g/mol. The maximum atomic E-state index is 10.9. The SMILES string of the molecule is Cc1ccc(C(=O)O)cc1C#Cc1cncn1C. The fraction of sp³-hybridized carbons (Fsp3) is 0.143. The van der Waals surface area contributed by atoms with Crippen LogP contribution >= 0.6 is 0 Å². The van der Waals surface area contributed by atoms with Crippen molar-refractivity contribution in [1.82, 2.24) is 9.55 Å².